The summed E-state index contributed by atoms with van der Waals surface area (Å²) in [5.41, 5.74) is 1.05. The van der Waals surface area contributed by atoms with Crippen molar-refractivity contribution in [1.29, 1.82) is 0 Å². The summed E-state index contributed by atoms with van der Waals surface area (Å²) in [5, 5.41) is 4.08. The van der Waals surface area contributed by atoms with Crippen LogP contribution in [0.25, 0.3) is 0 Å². The van der Waals surface area contributed by atoms with Gasteiger partial charge in [0.05, 0.1) is 0 Å². The van der Waals surface area contributed by atoms with Crippen molar-refractivity contribution in [2.24, 2.45) is 0 Å². The maximum atomic E-state index is 5.44. The van der Waals surface area contributed by atoms with Gasteiger partial charge in [-0.25, -0.2) is 0 Å². The Kier molecular flexibility index (Phi) is 6.68. The molecule has 1 N–H and O–H groups in total. The minimum Gasteiger partial charge on any atom is -0.349 e. The van der Waals surface area contributed by atoms with Crippen molar-refractivity contribution in [3.63, 3.8) is 0 Å². The predicted molar refractivity (Wildman–Crippen MR) is 83.1 cm³/mol. The summed E-state index contributed by atoms with van der Waals surface area (Å²) in [5.74, 6) is 0. The third-order valence-corrected chi connectivity index (χ3v) is 3.09. The summed E-state index contributed by atoms with van der Waals surface area (Å²) < 4.78 is 0. The summed E-state index contributed by atoms with van der Waals surface area (Å²) >= 11 is 5.44. The van der Waals surface area contributed by atoms with Crippen LogP contribution in [0, 0.1) is 0 Å². The Labute approximate surface area is 116 Å². The topological polar surface area (TPSA) is 18.5 Å². The van der Waals surface area contributed by atoms with Crippen LogP contribution in [0.4, 0.5) is 5.69 Å². The largest absolute Gasteiger partial charge is 0.349 e. The molecule has 3 nitrogen and oxygen atoms in total. The monoisotopic (exact) mass is 265 g/mol. The molecule has 0 bridgehead atoms. The smallest absolute Gasteiger partial charge is 0.173 e. The average Bonchev–Trinajstić information content (AvgIpc) is 2.35. The summed E-state index contributed by atoms with van der Waals surface area (Å²) in [4.78, 5) is 4.40. The SMILES string of the molecule is CCN(CCCN(C)C)C(=S)Nc1ccccc1. The highest BCUT2D eigenvalue weighted by Crippen LogP contribution is 2.07. The van der Waals surface area contributed by atoms with Gasteiger partial charge in [-0.2, -0.15) is 0 Å². The van der Waals surface area contributed by atoms with Gasteiger partial charge >= 0.3 is 0 Å². The van der Waals surface area contributed by atoms with Crippen LogP contribution in [0.5, 0.6) is 0 Å². The standard InChI is InChI=1S/C14H23N3S/c1-4-17(12-8-11-16(2)3)14(18)15-13-9-6-5-7-10-13/h5-7,9-10H,4,8,11-12H2,1-3H3,(H,15,18). The zero-order chi connectivity index (χ0) is 13.4. The first-order valence-corrected chi connectivity index (χ1v) is 6.80. The quantitative estimate of drug-likeness (QED) is 0.797. The summed E-state index contributed by atoms with van der Waals surface area (Å²) in [7, 11) is 4.19. The van der Waals surface area contributed by atoms with Gasteiger partial charge in [0.15, 0.2) is 5.11 Å². The van der Waals surface area contributed by atoms with E-state index in [9.17, 15) is 0 Å². The lowest BCUT2D eigenvalue weighted by Crippen LogP contribution is -2.36. The number of anilines is 1. The van der Waals surface area contributed by atoms with E-state index in [2.05, 4.69) is 36.1 Å². The fourth-order valence-corrected chi connectivity index (χ4v) is 2.04. The first kappa shape index (κ1) is 14.9. The molecule has 0 fully saturated rings. The Bertz CT molecular complexity index is 351. The molecule has 0 aliphatic rings. The molecule has 0 heterocycles. The Hall–Kier alpha value is -1.13. The number of hydrogen-bond donors (Lipinski definition) is 1. The van der Waals surface area contributed by atoms with E-state index in [1.165, 1.54) is 0 Å². The van der Waals surface area contributed by atoms with Crippen LogP contribution >= 0.6 is 12.2 Å². The minimum absolute atomic E-state index is 0.808. The van der Waals surface area contributed by atoms with Crippen molar-refractivity contribution in [3.8, 4) is 0 Å². The zero-order valence-corrected chi connectivity index (χ0v) is 12.3. The highest BCUT2D eigenvalue weighted by molar-refractivity contribution is 7.80. The van der Waals surface area contributed by atoms with Crippen LogP contribution in [-0.2, 0) is 0 Å². The molecule has 0 radical (unpaired) electrons. The summed E-state index contributed by atoms with van der Waals surface area (Å²) in [6.07, 6.45) is 1.12. The molecular formula is C14H23N3S. The van der Waals surface area contributed by atoms with Gasteiger partial charge in [0.2, 0.25) is 0 Å². The van der Waals surface area contributed by atoms with Crippen molar-refractivity contribution in [2.45, 2.75) is 13.3 Å². The van der Waals surface area contributed by atoms with E-state index in [0.717, 1.165) is 36.9 Å². The second-order valence-corrected chi connectivity index (χ2v) is 4.92. The van der Waals surface area contributed by atoms with Crippen molar-refractivity contribution in [2.75, 3.05) is 39.0 Å². The van der Waals surface area contributed by atoms with E-state index in [1.54, 1.807) is 0 Å². The molecule has 1 rings (SSSR count). The molecule has 0 unspecified atom stereocenters. The van der Waals surface area contributed by atoms with Crippen molar-refractivity contribution in [3.05, 3.63) is 30.3 Å². The van der Waals surface area contributed by atoms with Crippen LogP contribution in [0.1, 0.15) is 13.3 Å². The van der Waals surface area contributed by atoms with Gasteiger partial charge in [-0.3, -0.25) is 0 Å². The molecule has 18 heavy (non-hydrogen) atoms. The molecule has 0 aromatic heterocycles. The van der Waals surface area contributed by atoms with Gasteiger partial charge < -0.3 is 15.1 Å². The first-order valence-electron chi connectivity index (χ1n) is 6.39. The molecule has 0 saturated carbocycles. The van der Waals surface area contributed by atoms with E-state index in [4.69, 9.17) is 12.2 Å². The maximum absolute atomic E-state index is 5.44. The third-order valence-electron chi connectivity index (χ3n) is 2.73. The second kappa shape index (κ2) is 8.06. The van der Waals surface area contributed by atoms with Gasteiger partial charge in [0.1, 0.15) is 0 Å². The number of thiocarbonyl (C=S) groups is 1. The van der Waals surface area contributed by atoms with Gasteiger partial charge in [0, 0.05) is 18.8 Å². The lowest BCUT2D eigenvalue weighted by Gasteiger charge is -2.25. The van der Waals surface area contributed by atoms with E-state index in [0.29, 0.717) is 0 Å². The summed E-state index contributed by atoms with van der Waals surface area (Å²) in [6.45, 7) is 5.15. The second-order valence-electron chi connectivity index (χ2n) is 4.53. The molecule has 0 atom stereocenters. The fourth-order valence-electron chi connectivity index (χ4n) is 1.71. The normalized spacial score (nSPS) is 10.4. The highest BCUT2D eigenvalue weighted by atomic mass is 32.1. The average molecular weight is 265 g/mol. The van der Waals surface area contributed by atoms with Crippen LogP contribution in [-0.4, -0.2) is 48.6 Å². The van der Waals surface area contributed by atoms with E-state index < -0.39 is 0 Å². The van der Waals surface area contributed by atoms with Crippen LogP contribution in [0.15, 0.2) is 30.3 Å². The lowest BCUT2D eigenvalue weighted by atomic mass is 10.3. The van der Waals surface area contributed by atoms with Crippen molar-refractivity contribution in [1.82, 2.24) is 9.80 Å². The molecule has 4 heteroatoms. The molecule has 0 amide bonds. The molecule has 0 aliphatic carbocycles. The molecule has 100 valence electrons. The number of benzene rings is 1. The Balaban J connectivity index is 2.42. The van der Waals surface area contributed by atoms with Gasteiger partial charge in [0.25, 0.3) is 0 Å². The number of nitrogens with one attached hydrogen (secondary N) is 1. The van der Waals surface area contributed by atoms with Gasteiger partial charge in [-0.1, -0.05) is 18.2 Å². The molecule has 0 spiro atoms. The summed E-state index contributed by atoms with van der Waals surface area (Å²) in [6, 6.07) is 10.1. The minimum atomic E-state index is 0.808. The lowest BCUT2D eigenvalue weighted by molar-refractivity contribution is 0.356. The number of hydrogen-bond acceptors (Lipinski definition) is 2. The first-order chi connectivity index (χ1) is 8.63. The Morgan fingerprint density at radius 2 is 1.83 bits per heavy atom. The Morgan fingerprint density at radius 3 is 2.39 bits per heavy atom. The zero-order valence-electron chi connectivity index (χ0n) is 11.5. The van der Waals surface area contributed by atoms with Crippen LogP contribution in [0.3, 0.4) is 0 Å². The number of para-hydroxylation sites is 1. The van der Waals surface area contributed by atoms with Crippen LogP contribution in [0.2, 0.25) is 0 Å². The maximum Gasteiger partial charge on any atom is 0.173 e. The Morgan fingerprint density at radius 1 is 1.17 bits per heavy atom. The molecule has 0 aliphatic heterocycles. The highest BCUT2D eigenvalue weighted by Gasteiger charge is 2.07. The third kappa shape index (κ3) is 5.47. The van der Waals surface area contributed by atoms with Gasteiger partial charge in [-0.15, -0.1) is 0 Å². The van der Waals surface area contributed by atoms with Crippen LogP contribution < -0.4 is 5.32 Å². The molecule has 1 aromatic rings. The van der Waals surface area contributed by atoms with Crippen molar-refractivity contribution >= 4 is 23.0 Å². The van der Waals surface area contributed by atoms with E-state index >= 15 is 0 Å². The van der Waals surface area contributed by atoms with Crippen molar-refractivity contribution < 1.29 is 0 Å². The number of rotatable bonds is 6. The molecular weight excluding hydrogens is 242 g/mol. The fraction of sp³-hybridized carbons (Fsp3) is 0.500. The predicted octanol–water partition coefficient (Wildman–Crippen LogP) is 2.66. The van der Waals surface area contributed by atoms with E-state index in [1.807, 2.05) is 30.3 Å². The molecule has 1 aromatic carbocycles. The number of nitrogens with zero attached hydrogens (tertiary/aromatic N) is 2. The molecule has 0 saturated heterocycles. The van der Waals surface area contributed by atoms with E-state index in [-0.39, 0.29) is 0 Å². The van der Waals surface area contributed by atoms with Gasteiger partial charge in [-0.05, 0) is 58.3 Å².